The lowest BCUT2D eigenvalue weighted by Crippen LogP contribution is -2.36. The number of nitrogens with one attached hydrogen (secondary N) is 3. The van der Waals surface area contributed by atoms with Gasteiger partial charge in [0.1, 0.15) is 22.9 Å². The fourth-order valence-electron chi connectivity index (χ4n) is 2.88. The van der Waals surface area contributed by atoms with Crippen LogP contribution in [0.15, 0.2) is 38.6 Å². The van der Waals surface area contributed by atoms with E-state index in [4.69, 9.17) is 5.73 Å². The molecule has 0 aliphatic heterocycles. The first-order chi connectivity index (χ1) is 15.2. The van der Waals surface area contributed by atoms with E-state index >= 15 is 0 Å². The molecule has 32 heavy (non-hydrogen) atoms. The molecule has 0 saturated heterocycles. The molecule has 14 heteroatoms. The van der Waals surface area contributed by atoms with E-state index in [0.717, 1.165) is 16.6 Å². The van der Waals surface area contributed by atoms with E-state index in [1.165, 1.54) is 12.1 Å². The third-order valence-electron chi connectivity index (χ3n) is 4.49. The molecule has 2 heterocycles. The zero-order chi connectivity index (χ0) is 23.2. The van der Waals surface area contributed by atoms with E-state index in [9.17, 15) is 33.5 Å². The number of amides is 1. The molecule has 0 spiro atoms. The molecule has 2 aromatic heterocycles. The fourth-order valence-corrected chi connectivity index (χ4v) is 2.88. The molecular weight excluding hydrogens is 429 g/mol. The minimum absolute atomic E-state index is 0.127. The Kier molecular flexibility index (Phi) is 4.73. The lowest BCUT2D eigenvalue weighted by atomic mass is 10.1. The summed E-state index contributed by atoms with van der Waals surface area (Å²) in [4.78, 5) is 65.3. The van der Waals surface area contributed by atoms with Gasteiger partial charge in [-0.25, -0.2) is 28.6 Å². The molecule has 0 saturated carbocycles. The number of fused-ring (bicyclic) bond motifs is 1. The van der Waals surface area contributed by atoms with Crippen molar-refractivity contribution in [3.63, 3.8) is 0 Å². The molecule has 0 fully saturated rings. The Hall–Kier alpha value is -4.88. The number of H-pyrrole nitrogens is 1. The van der Waals surface area contributed by atoms with Crippen molar-refractivity contribution in [1.82, 2.24) is 24.9 Å². The maximum atomic E-state index is 14.1. The van der Waals surface area contributed by atoms with Crippen LogP contribution in [0.2, 0.25) is 0 Å². The Morgan fingerprint density at radius 1 is 1.16 bits per heavy atom. The Balaban J connectivity index is 1.54. The van der Waals surface area contributed by atoms with Crippen molar-refractivity contribution >= 4 is 34.7 Å². The molecule has 0 unspecified atom stereocenters. The summed E-state index contributed by atoms with van der Waals surface area (Å²) in [5.74, 6) is -3.24. The number of carbonyl (C=O) groups excluding carboxylic acids is 1. The quantitative estimate of drug-likeness (QED) is 0.234. The topological polar surface area (TPSA) is 202 Å². The Morgan fingerprint density at radius 3 is 2.59 bits per heavy atom. The number of halogens is 1. The van der Waals surface area contributed by atoms with E-state index < -0.39 is 39.9 Å². The van der Waals surface area contributed by atoms with Crippen LogP contribution in [0.5, 0.6) is 0 Å². The van der Waals surface area contributed by atoms with Gasteiger partial charge in [-0.05, 0) is 17.7 Å². The normalized spacial score (nSPS) is 11.0. The predicted octanol–water partition coefficient (Wildman–Crippen LogP) is -0.893. The van der Waals surface area contributed by atoms with Gasteiger partial charge in [0.2, 0.25) is 0 Å². The van der Waals surface area contributed by atoms with Gasteiger partial charge in [0.05, 0.1) is 5.69 Å². The van der Waals surface area contributed by atoms with Gasteiger partial charge in [0.25, 0.3) is 22.5 Å². The number of aromatic nitrogens is 4. The van der Waals surface area contributed by atoms with Crippen molar-refractivity contribution in [2.24, 2.45) is 0 Å². The summed E-state index contributed by atoms with van der Waals surface area (Å²) in [5, 5.41) is 16.4. The minimum Gasteiger partial charge on any atom is -0.477 e. The Morgan fingerprint density at radius 2 is 1.91 bits per heavy atom. The van der Waals surface area contributed by atoms with E-state index in [2.05, 4.69) is 25.7 Å². The zero-order valence-electron chi connectivity index (χ0n) is 15.8. The number of anilines is 3. The molecule has 0 radical (unpaired) electrons. The molecule has 4 aromatic rings. The second-order valence-corrected chi connectivity index (χ2v) is 6.56. The second kappa shape index (κ2) is 7.42. The van der Waals surface area contributed by atoms with Gasteiger partial charge < -0.3 is 21.5 Å². The number of benzene rings is 1. The average Bonchev–Trinajstić information content (AvgIpc) is 3.15. The van der Waals surface area contributed by atoms with Gasteiger partial charge in [-0.15, -0.1) is 0 Å². The van der Waals surface area contributed by atoms with E-state index in [-0.39, 0.29) is 35.1 Å². The van der Waals surface area contributed by atoms with Crippen molar-refractivity contribution < 1.29 is 19.1 Å². The highest BCUT2D eigenvalue weighted by molar-refractivity contribution is 5.95. The van der Waals surface area contributed by atoms with Crippen LogP contribution < -0.4 is 32.9 Å². The number of hydrogen-bond acceptors (Lipinski definition) is 9. The highest BCUT2D eigenvalue weighted by Gasteiger charge is 2.20. The number of aromatic carboxylic acids is 1. The number of hydrogen-bond donors (Lipinski definition) is 5. The van der Waals surface area contributed by atoms with Crippen molar-refractivity contribution in [1.29, 1.82) is 0 Å². The van der Waals surface area contributed by atoms with E-state index in [0.29, 0.717) is 5.56 Å². The van der Waals surface area contributed by atoms with Crippen molar-refractivity contribution in [2.45, 2.75) is 6.54 Å². The molecule has 2 aromatic carbocycles. The van der Waals surface area contributed by atoms with Crippen LogP contribution in [0.4, 0.5) is 21.5 Å². The van der Waals surface area contributed by atoms with E-state index in [1.807, 2.05) is 0 Å². The van der Waals surface area contributed by atoms with Crippen molar-refractivity contribution in [3.8, 4) is 0 Å². The number of carboxylic acid groups (broad SMARTS) is 1. The number of rotatable bonds is 6. The number of carboxylic acids is 1. The van der Waals surface area contributed by atoms with Crippen LogP contribution in [0.3, 0.4) is 0 Å². The molecule has 4 rings (SSSR count). The number of nitrogens with zero attached hydrogens (tertiary/aromatic N) is 3. The molecule has 0 atom stereocenters. The lowest BCUT2D eigenvalue weighted by Gasteiger charge is -2.12. The SMILES string of the molecule is Nc1c(Nc2cc(CNC(=O)c3cc(C(=O)O)n4[nH]c(=O)nc4n3)ccc2F)c(=O)c1=O. The maximum absolute atomic E-state index is 14.1. The summed E-state index contributed by atoms with van der Waals surface area (Å²) < 4.78 is 14.9. The summed E-state index contributed by atoms with van der Waals surface area (Å²) in [7, 11) is 0. The Bertz CT molecular complexity index is 1550. The molecule has 0 aliphatic carbocycles. The van der Waals surface area contributed by atoms with Gasteiger partial charge in [-0.3, -0.25) is 14.4 Å². The predicted molar refractivity (Wildman–Crippen MR) is 107 cm³/mol. The first kappa shape index (κ1) is 20.4. The zero-order valence-corrected chi connectivity index (χ0v) is 15.8. The fraction of sp³-hybridized carbons (Fsp3) is 0.0556. The summed E-state index contributed by atoms with van der Waals surface area (Å²) in [5.41, 5.74) is 1.84. The molecule has 0 aliphatic rings. The minimum atomic E-state index is -1.42. The third kappa shape index (κ3) is 3.45. The first-order valence-electron chi connectivity index (χ1n) is 8.81. The number of aromatic amines is 1. The number of nitrogens with two attached hydrogens (primary N) is 1. The molecule has 1 amide bonds. The van der Waals surface area contributed by atoms with Crippen molar-refractivity contribution in [2.75, 3.05) is 11.1 Å². The summed E-state index contributed by atoms with van der Waals surface area (Å²) in [6, 6.07) is 4.68. The van der Waals surface area contributed by atoms with Crippen LogP contribution in [-0.2, 0) is 6.54 Å². The van der Waals surface area contributed by atoms with Crippen LogP contribution in [0.25, 0.3) is 5.78 Å². The monoisotopic (exact) mass is 441 g/mol. The molecule has 6 N–H and O–H groups in total. The van der Waals surface area contributed by atoms with Crippen LogP contribution in [0.1, 0.15) is 26.5 Å². The van der Waals surface area contributed by atoms with Gasteiger partial charge in [-0.2, -0.15) is 4.98 Å². The Labute approximate surface area is 175 Å². The van der Waals surface area contributed by atoms with Crippen molar-refractivity contribution in [3.05, 3.63) is 78.0 Å². The van der Waals surface area contributed by atoms with Gasteiger partial charge in [0, 0.05) is 12.6 Å². The smallest absolute Gasteiger partial charge is 0.363 e. The van der Waals surface area contributed by atoms with Gasteiger partial charge in [0.15, 0.2) is 5.69 Å². The number of carbonyl (C=O) groups is 2. The van der Waals surface area contributed by atoms with E-state index in [1.54, 1.807) is 0 Å². The average molecular weight is 441 g/mol. The summed E-state index contributed by atoms with van der Waals surface area (Å²) in [6.45, 7) is -0.127. The van der Waals surface area contributed by atoms with Crippen LogP contribution in [-0.4, -0.2) is 36.6 Å². The molecule has 162 valence electrons. The van der Waals surface area contributed by atoms with Gasteiger partial charge in [-0.1, -0.05) is 6.07 Å². The highest BCUT2D eigenvalue weighted by atomic mass is 19.1. The first-order valence-corrected chi connectivity index (χ1v) is 8.81. The molecular formula is C18H12FN7O6. The maximum Gasteiger partial charge on any atom is 0.363 e. The largest absolute Gasteiger partial charge is 0.477 e. The van der Waals surface area contributed by atoms with Gasteiger partial charge >= 0.3 is 11.7 Å². The molecule has 13 nitrogen and oxygen atoms in total. The summed E-state index contributed by atoms with van der Waals surface area (Å²) in [6.07, 6.45) is 0. The molecule has 0 bridgehead atoms. The standard InChI is InChI=1S/C18H12FN7O6/c19-7-2-1-6(3-8(7)22-12-11(20)13(27)14(12)28)5-21-15(29)9-4-10(16(30)31)26-17(23-9)24-18(32)25-26/h1-4,22H,5,20H2,(H,21,29)(H,25,32)(H,30,31). The highest BCUT2D eigenvalue weighted by Crippen LogP contribution is 2.22. The third-order valence-corrected chi connectivity index (χ3v) is 4.49. The lowest BCUT2D eigenvalue weighted by molar-refractivity contribution is 0.0687. The van der Waals surface area contributed by atoms with Crippen LogP contribution >= 0.6 is 0 Å². The van der Waals surface area contributed by atoms with Crippen LogP contribution in [0, 0.1) is 5.82 Å². The second-order valence-electron chi connectivity index (χ2n) is 6.56. The summed E-state index contributed by atoms with van der Waals surface area (Å²) >= 11 is 0. The number of nitrogen functional groups attached to an aromatic ring is 1.